The Balaban J connectivity index is 1.91. The topological polar surface area (TPSA) is 40.7 Å². The molecule has 0 atom stereocenters. The fourth-order valence-electron chi connectivity index (χ4n) is 2.16. The van der Waals surface area contributed by atoms with Gasteiger partial charge in [0.25, 0.3) is 0 Å². The number of aryl methyl sites for hydroxylation is 1. The van der Waals surface area contributed by atoms with Crippen molar-refractivity contribution in [2.24, 2.45) is 0 Å². The van der Waals surface area contributed by atoms with Crippen molar-refractivity contribution in [3.8, 4) is 22.5 Å². The molecule has 0 radical (unpaired) electrons. The van der Waals surface area contributed by atoms with Crippen LogP contribution in [0.5, 0.6) is 0 Å². The average molecular weight is 263 g/mol. The molecule has 0 spiro atoms. The van der Waals surface area contributed by atoms with E-state index in [1.54, 1.807) is 0 Å². The molecule has 0 fully saturated rings. The highest BCUT2D eigenvalue weighted by molar-refractivity contribution is 5.69. The lowest BCUT2D eigenvalue weighted by molar-refractivity contribution is 1.10. The van der Waals surface area contributed by atoms with Gasteiger partial charge in [-0.05, 0) is 30.7 Å². The first-order valence-electron chi connectivity index (χ1n) is 6.67. The molecule has 2 aromatic carbocycles. The number of nitrogens with zero attached hydrogens (tertiary/aromatic N) is 1. The quantitative estimate of drug-likeness (QED) is 0.747. The molecule has 3 aromatic rings. The summed E-state index contributed by atoms with van der Waals surface area (Å²) in [5, 5.41) is 10.6. The summed E-state index contributed by atoms with van der Waals surface area (Å²) in [6.45, 7) is 2.09. The minimum Gasteiger partial charge on any atom is -0.388 e. The van der Waals surface area contributed by atoms with E-state index in [1.807, 2.05) is 7.05 Å². The summed E-state index contributed by atoms with van der Waals surface area (Å²) < 4.78 is 0. The zero-order valence-electron chi connectivity index (χ0n) is 11.6. The van der Waals surface area contributed by atoms with E-state index in [4.69, 9.17) is 0 Å². The first-order chi connectivity index (χ1) is 9.76. The van der Waals surface area contributed by atoms with Gasteiger partial charge in [0, 0.05) is 18.3 Å². The van der Waals surface area contributed by atoms with Crippen LogP contribution in [0.15, 0.2) is 54.6 Å². The first-order valence-corrected chi connectivity index (χ1v) is 6.67. The number of H-pyrrole nitrogens is 1. The van der Waals surface area contributed by atoms with Crippen LogP contribution >= 0.6 is 0 Å². The van der Waals surface area contributed by atoms with Crippen molar-refractivity contribution in [1.29, 1.82) is 0 Å². The Kier molecular flexibility index (Phi) is 3.25. The number of aromatic nitrogens is 2. The lowest BCUT2D eigenvalue weighted by Gasteiger charge is -2.00. The van der Waals surface area contributed by atoms with Crippen molar-refractivity contribution >= 4 is 5.69 Å². The Labute approximate surface area is 118 Å². The number of nitrogens with one attached hydrogen (secondary N) is 2. The smallest absolute Gasteiger partial charge is 0.0927 e. The monoisotopic (exact) mass is 263 g/mol. The highest BCUT2D eigenvalue weighted by Crippen LogP contribution is 2.24. The molecule has 3 rings (SSSR count). The van der Waals surface area contributed by atoms with Crippen LogP contribution < -0.4 is 5.32 Å². The number of anilines is 1. The number of benzene rings is 2. The zero-order chi connectivity index (χ0) is 13.9. The molecule has 20 heavy (non-hydrogen) atoms. The number of hydrogen-bond acceptors (Lipinski definition) is 2. The van der Waals surface area contributed by atoms with E-state index in [0.717, 1.165) is 28.2 Å². The lowest BCUT2D eigenvalue weighted by Crippen LogP contribution is -1.86. The van der Waals surface area contributed by atoms with E-state index >= 15 is 0 Å². The van der Waals surface area contributed by atoms with E-state index in [2.05, 4.69) is 77.0 Å². The summed E-state index contributed by atoms with van der Waals surface area (Å²) in [7, 11) is 1.92. The van der Waals surface area contributed by atoms with Crippen LogP contribution in [0.3, 0.4) is 0 Å². The maximum Gasteiger partial charge on any atom is 0.0927 e. The van der Waals surface area contributed by atoms with Crippen molar-refractivity contribution in [3.05, 3.63) is 60.2 Å². The highest BCUT2D eigenvalue weighted by atomic mass is 15.1. The summed E-state index contributed by atoms with van der Waals surface area (Å²) >= 11 is 0. The molecule has 3 heteroatoms. The van der Waals surface area contributed by atoms with Crippen LogP contribution in [0, 0.1) is 6.92 Å². The van der Waals surface area contributed by atoms with Gasteiger partial charge in [0.05, 0.1) is 11.4 Å². The molecule has 0 aliphatic rings. The lowest BCUT2D eigenvalue weighted by atomic mass is 10.1. The molecule has 0 unspecified atom stereocenters. The molecule has 1 aromatic heterocycles. The van der Waals surface area contributed by atoms with Crippen molar-refractivity contribution in [3.63, 3.8) is 0 Å². The molecule has 0 saturated heterocycles. The van der Waals surface area contributed by atoms with Crippen LogP contribution in [0.25, 0.3) is 22.5 Å². The van der Waals surface area contributed by atoms with Gasteiger partial charge in [-0.1, -0.05) is 42.0 Å². The molecular weight excluding hydrogens is 246 g/mol. The SMILES string of the molecule is CNc1ccc(-c2cc(-c3ccc(C)cc3)[nH]n2)cc1. The third kappa shape index (κ3) is 2.43. The summed E-state index contributed by atoms with van der Waals surface area (Å²) in [5.74, 6) is 0. The van der Waals surface area contributed by atoms with Gasteiger partial charge >= 0.3 is 0 Å². The third-order valence-electron chi connectivity index (χ3n) is 3.41. The molecule has 0 aliphatic carbocycles. The maximum atomic E-state index is 4.40. The van der Waals surface area contributed by atoms with E-state index in [0.29, 0.717) is 0 Å². The Hall–Kier alpha value is -2.55. The van der Waals surface area contributed by atoms with E-state index in [9.17, 15) is 0 Å². The second kappa shape index (κ2) is 5.21. The summed E-state index contributed by atoms with van der Waals surface area (Å²) in [6.07, 6.45) is 0. The van der Waals surface area contributed by atoms with E-state index in [1.165, 1.54) is 5.56 Å². The molecular formula is C17H17N3. The predicted octanol–water partition coefficient (Wildman–Crippen LogP) is 4.09. The Morgan fingerprint density at radius 3 is 2.20 bits per heavy atom. The minimum atomic E-state index is 0.961. The fourth-order valence-corrected chi connectivity index (χ4v) is 2.16. The molecule has 0 amide bonds. The fraction of sp³-hybridized carbons (Fsp3) is 0.118. The number of rotatable bonds is 3. The first kappa shape index (κ1) is 12.5. The van der Waals surface area contributed by atoms with Gasteiger partial charge in [0.15, 0.2) is 0 Å². The molecule has 2 N–H and O–H groups in total. The Morgan fingerprint density at radius 1 is 0.900 bits per heavy atom. The second-order valence-corrected chi connectivity index (χ2v) is 4.86. The van der Waals surface area contributed by atoms with Gasteiger partial charge in [0.1, 0.15) is 0 Å². The van der Waals surface area contributed by atoms with Gasteiger partial charge < -0.3 is 5.32 Å². The van der Waals surface area contributed by atoms with Crippen LogP contribution in [0.1, 0.15) is 5.56 Å². The normalized spacial score (nSPS) is 10.5. The molecule has 3 nitrogen and oxygen atoms in total. The van der Waals surface area contributed by atoms with Gasteiger partial charge in [-0.15, -0.1) is 0 Å². The molecule has 0 saturated carbocycles. The van der Waals surface area contributed by atoms with Crippen LogP contribution in [0.4, 0.5) is 5.69 Å². The van der Waals surface area contributed by atoms with Crippen molar-refractivity contribution in [2.45, 2.75) is 6.92 Å². The van der Waals surface area contributed by atoms with Gasteiger partial charge in [0.2, 0.25) is 0 Å². The molecule has 0 aliphatic heterocycles. The average Bonchev–Trinajstić information content (AvgIpc) is 2.98. The van der Waals surface area contributed by atoms with Crippen molar-refractivity contribution in [2.75, 3.05) is 12.4 Å². The van der Waals surface area contributed by atoms with Crippen LogP contribution in [-0.4, -0.2) is 17.2 Å². The summed E-state index contributed by atoms with van der Waals surface area (Å²) in [4.78, 5) is 0. The minimum absolute atomic E-state index is 0.961. The Morgan fingerprint density at radius 2 is 1.55 bits per heavy atom. The van der Waals surface area contributed by atoms with E-state index in [-0.39, 0.29) is 0 Å². The Bertz CT molecular complexity index is 694. The summed E-state index contributed by atoms with van der Waals surface area (Å²) in [5.41, 5.74) is 6.62. The van der Waals surface area contributed by atoms with Crippen molar-refractivity contribution in [1.82, 2.24) is 10.2 Å². The number of hydrogen-bond donors (Lipinski definition) is 2. The van der Waals surface area contributed by atoms with Crippen molar-refractivity contribution < 1.29 is 0 Å². The van der Waals surface area contributed by atoms with Crippen LogP contribution in [0.2, 0.25) is 0 Å². The standard InChI is InChI=1S/C17H17N3/c1-12-3-5-13(6-4-12)16-11-17(20-19-16)14-7-9-15(18-2)10-8-14/h3-11,18H,1-2H3,(H,19,20). The number of aromatic amines is 1. The largest absolute Gasteiger partial charge is 0.388 e. The van der Waals surface area contributed by atoms with Crippen LogP contribution in [-0.2, 0) is 0 Å². The van der Waals surface area contributed by atoms with Gasteiger partial charge in [-0.3, -0.25) is 5.10 Å². The molecule has 1 heterocycles. The highest BCUT2D eigenvalue weighted by Gasteiger charge is 2.05. The molecule has 100 valence electrons. The van der Waals surface area contributed by atoms with Gasteiger partial charge in [-0.2, -0.15) is 5.10 Å². The summed E-state index contributed by atoms with van der Waals surface area (Å²) in [6, 6.07) is 18.8. The van der Waals surface area contributed by atoms with E-state index < -0.39 is 0 Å². The third-order valence-corrected chi connectivity index (χ3v) is 3.41. The van der Waals surface area contributed by atoms with Gasteiger partial charge in [-0.25, -0.2) is 0 Å². The predicted molar refractivity (Wildman–Crippen MR) is 83.7 cm³/mol. The maximum absolute atomic E-state index is 4.40. The second-order valence-electron chi connectivity index (χ2n) is 4.86. The molecule has 0 bridgehead atoms. The zero-order valence-corrected chi connectivity index (χ0v) is 11.6.